The molecule has 0 saturated carbocycles. The Hall–Kier alpha value is -2.36. The Labute approximate surface area is 126 Å². The molecule has 21 heavy (non-hydrogen) atoms. The molecule has 4 nitrogen and oxygen atoms in total. The average Bonchev–Trinajstić information content (AvgIpc) is 2.46. The summed E-state index contributed by atoms with van der Waals surface area (Å²) in [6, 6.07) is 7.48. The van der Waals surface area contributed by atoms with Crippen LogP contribution in [0.4, 0.5) is 5.69 Å². The molecule has 0 aliphatic rings. The molecule has 1 aromatic carbocycles. The van der Waals surface area contributed by atoms with Crippen LogP contribution < -0.4 is 5.32 Å². The van der Waals surface area contributed by atoms with Gasteiger partial charge in [-0.1, -0.05) is 44.2 Å². The quantitative estimate of drug-likeness (QED) is 0.645. The Kier molecular flexibility index (Phi) is 6.40. The fourth-order valence-electron chi connectivity index (χ4n) is 1.99. The first-order valence-electron chi connectivity index (χ1n) is 6.92. The maximum Gasteiger partial charge on any atom is 0.313 e. The van der Waals surface area contributed by atoms with Crippen molar-refractivity contribution in [2.24, 2.45) is 0 Å². The highest BCUT2D eigenvalue weighted by Crippen LogP contribution is 2.23. The van der Waals surface area contributed by atoms with Crippen LogP contribution in [0.25, 0.3) is 0 Å². The number of nitrogens with one attached hydrogen (secondary N) is 1. The molecule has 0 spiro atoms. The fourth-order valence-corrected chi connectivity index (χ4v) is 1.99. The maximum atomic E-state index is 12.1. The second-order valence-corrected chi connectivity index (χ2v) is 4.98. The Bertz CT molecular complexity index is 525. The van der Waals surface area contributed by atoms with E-state index in [1.165, 1.54) is 4.90 Å². The summed E-state index contributed by atoms with van der Waals surface area (Å²) in [5, 5.41) is 2.69. The molecule has 0 atom stereocenters. The van der Waals surface area contributed by atoms with Crippen molar-refractivity contribution in [3.63, 3.8) is 0 Å². The van der Waals surface area contributed by atoms with Gasteiger partial charge in [0.2, 0.25) is 0 Å². The highest BCUT2D eigenvalue weighted by molar-refractivity contribution is 6.39. The molecule has 0 unspecified atom stereocenters. The van der Waals surface area contributed by atoms with Crippen LogP contribution in [0, 0.1) is 0 Å². The van der Waals surface area contributed by atoms with Gasteiger partial charge < -0.3 is 10.2 Å². The predicted molar refractivity (Wildman–Crippen MR) is 86.1 cm³/mol. The van der Waals surface area contributed by atoms with E-state index in [0.29, 0.717) is 18.8 Å². The fraction of sp³-hybridized carbons (Fsp3) is 0.294. The van der Waals surface area contributed by atoms with Crippen molar-refractivity contribution >= 4 is 17.5 Å². The molecule has 0 aliphatic heterocycles. The summed E-state index contributed by atoms with van der Waals surface area (Å²) in [5.74, 6) is -0.978. The minimum Gasteiger partial charge on any atom is -0.327 e. The summed E-state index contributed by atoms with van der Waals surface area (Å²) >= 11 is 0. The largest absolute Gasteiger partial charge is 0.327 e. The van der Waals surface area contributed by atoms with Crippen molar-refractivity contribution in [1.29, 1.82) is 0 Å². The molecular weight excluding hydrogens is 264 g/mol. The van der Waals surface area contributed by atoms with Crippen LogP contribution in [0.1, 0.15) is 25.3 Å². The smallest absolute Gasteiger partial charge is 0.313 e. The van der Waals surface area contributed by atoms with E-state index < -0.39 is 11.8 Å². The minimum absolute atomic E-state index is 0.258. The van der Waals surface area contributed by atoms with E-state index >= 15 is 0 Å². The lowest BCUT2D eigenvalue weighted by Gasteiger charge is -2.19. The highest BCUT2D eigenvalue weighted by atomic mass is 16.2. The van der Waals surface area contributed by atoms with E-state index in [1.807, 2.05) is 32.0 Å². The molecule has 0 bridgehead atoms. The van der Waals surface area contributed by atoms with Gasteiger partial charge in [0, 0.05) is 18.8 Å². The minimum atomic E-state index is -0.646. The van der Waals surface area contributed by atoms with E-state index in [1.54, 1.807) is 18.2 Å². The van der Waals surface area contributed by atoms with Crippen LogP contribution in [0.3, 0.4) is 0 Å². The Morgan fingerprint density at radius 2 is 1.76 bits per heavy atom. The standard InChI is InChI=1S/C17H22N2O2/c1-5-11-19(12-6-2)17(21)16(20)18-15-10-8-7-9-14(15)13(3)4/h5-10,13H,1-2,11-12H2,3-4H3,(H,18,20). The first-order valence-corrected chi connectivity index (χ1v) is 6.92. The van der Waals surface area contributed by atoms with Gasteiger partial charge in [0.25, 0.3) is 0 Å². The van der Waals surface area contributed by atoms with Gasteiger partial charge in [0.1, 0.15) is 0 Å². The van der Waals surface area contributed by atoms with Crippen LogP contribution >= 0.6 is 0 Å². The van der Waals surface area contributed by atoms with Crippen molar-refractivity contribution in [2.45, 2.75) is 19.8 Å². The monoisotopic (exact) mass is 286 g/mol. The normalized spacial score (nSPS) is 10.0. The number of carbonyl (C=O) groups excluding carboxylic acids is 2. The summed E-state index contributed by atoms with van der Waals surface area (Å²) in [5.41, 5.74) is 1.67. The van der Waals surface area contributed by atoms with Crippen molar-refractivity contribution in [1.82, 2.24) is 4.90 Å². The summed E-state index contributed by atoms with van der Waals surface area (Å²) in [6.07, 6.45) is 3.16. The molecule has 0 aromatic heterocycles. The third kappa shape index (κ3) is 4.60. The SMILES string of the molecule is C=CCN(CC=C)C(=O)C(=O)Nc1ccccc1C(C)C. The lowest BCUT2D eigenvalue weighted by atomic mass is 10.0. The van der Waals surface area contributed by atoms with Gasteiger partial charge >= 0.3 is 11.8 Å². The third-order valence-corrected chi connectivity index (χ3v) is 3.01. The zero-order chi connectivity index (χ0) is 15.8. The third-order valence-electron chi connectivity index (χ3n) is 3.01. The number of hydrogen-bond donors (Lipinski definition) is 1. The average molecular weight is 286 g/mol. The van der Waals surface area contributed by atoms with Crippen LogP contribution in [-0.4, -0.2) is 29.8 Å². The van der Waals surface area contributed by atoms with Crippen molar-refractivity contribution in [3.8, 4) is 0 Å². The number of rotatable bonds is 6. The summed E-state index contributed by atoms with van der Waals surface area (Å²) in [4.78, 5) is 25.6. The van der Waals surface area contributed by atoms with Gasteiger partial charge in [-0.25, -0.2) is 0 Å². The van der Waals surface area contributed by atoms with E-state index in [9.17, 15) is 9.59 Å². The van der Waals surface area contributed by atoms with Crippen LogP contribution in [-0.2, 0) is 9.59 Å². The molecule has 1 rings (SSSR count). The van der Waals surface area contributed by atoms with Gasteiger partial charge in [-0.2, -0.15) is 0 Å². The second-order valence-electron chi connectivity index (χ2n) is 4.98. The number of carbonyl (C=O) groups is 2. The first-order chi connectivity index (χ1) is 10.0. The zero-order valence-corrected chi connectivity index (χ0v) is 12.6. The van der Waals surface area contributed by atoms with Crippen LogP contribution in [0.5, 0.6) is 0 Å². The molecule has 1 aromatic rings. The van der Waals surface area contributed by atoms with E-state index in [0.717, 1.165) is 5.56 Å². The van der Waals surface area contributed by atoms with E-state index in [4.69, 9.17) is 0 Å². The number of nitrogens with zero attached hydrogens (tertiary/aromatic N) is 1. The van der Waals surface area contributed by atoms with Gasteiger partial charge in [-0.15, -0.1) is 13.2 Å². The van der Waals surface area contributed by atoms with Crippen molar-refractivity contribution < 1.29 is 9.59 Å². The molecule has 0 radical (unpaired) electrons. The summed E-state index contributed by atoms with van der Waals surface area (Å²) in [6.45, 7) is 11.9. The molecule has 0 aliphatic carbocycles. The molecule has 0 saturated heterocycles. The van der Waals surface area contributed by atoms with Gasteiger partial charge in [0.15, 0.2) is 0 Å². The lowest BCUT2D eigenvalue weighted by Crippen LogP contribution is -2.40. The first kappa shape index (κ1) is 16.7. The van der Waals surface area contributed by atoms with Crippen LogP contribution in [0.2, 0.25) is 0 Å². The Balaban J connectivity index is 2.87. The topological polar surface area (TPSA) is 49.4 Å². The van der Waals surface area contributed by atoms with Gasteiger partial charge in [-0.05, 0) is 17.5 Å². The van der Waals surface area contributed by atoms with Crippen molar-refractivity contribution in [3.05, 3.63) is 55.1 Å². The second kappa shape index (κ2) is 8.04. The maximum absolute atomic E-state index is 12.1. The zero-order valence-electron chi connectivity index (χ0n) is 12.6. The summed E-state index contributed by atoms with van der Waals surface area (Å²) < 4.78 is 0. The molecule has 0 heterocycles. The number of hydrogen-bond acceptors (Lipinski definition) is 2. The van der Waals surface area contributed by atoms with E-state index in [-0.39, 0.29) is 5.92 Å². The predicted octanol–water partition coefficient (Wildman–Crippen LogP) is 2.95. The molecule has 2 amide bonds. The van der Waals surface area contributed by atoms with Crippen molar-refractivity contribution in [2.75, 3.05) is 18.4 Å². The van der Waals surface area contributed by atoms with E-state index in [2.05, 4.69) is 18.5 Å². The van der Waals surface area contributed by atoms with Gasteiger partial charge in [0.05, 0.1) is 0 Å². The van der Waals surface area contributed by atoms with Crippen LogP contribution in [0.15, 0.2) is 49.6 Å². The Morgan fingerprint density at radius 1 is 1.19 bits per heavy atom. The molecule has 112 valence electrons. The number of amides is 2. The number of anilines is 1. The molecule has 1 N–H and O–H groups in total. The number of benzene rings is 1. The molecule has 0 fully saturated rings. The summed E-state index contributed by atoms with van der Waals surface area (Å²) in [7, 11) is 0. The molecular formula is C17H22N2O2. The highest BCUT2D eigenvalue weighted by Gasteiger charge is 2.21. The van der Waals surface area contributed by atoms with Gasteiger partial charge in [-0.3, -0.25) is 9.59 Å². The lowest BCUT2D eigenvalue weighted by molar-refractivity contribution is -0.142. The number of para-hydroxylation sites is 1. The Morgan fingerprint density at radius 3 is 2.29 bits per heavy atom. The molecule has 4 heteroatoms.